The summed E-state index contributed by atoms with van der Waals surface area (Å²) in [5.74, 6) is -0.560. The van der Waals surface area contributed by atoms with Crippen LogP contribution >= 0.6 is 0 Å². The molecule has 0 saturated carbocycles. The summed E-state index contributed by atoms with van der Waals surface area (Å²) < 4.78 is 3.05. The van der Waals surface area contributed by atoms with Gasteiger partial charge in [0, 0.05) is 29.7 Å². The van der Waals surface area contributed by atoms with Crippen LogP contribution in [0.1, 0.15) is 34.0 Å². The fourth-order valence-electron chi connectivity index (χ4n) is 4.35. The number of pyridine rings is 1. The molecule has 33 heavy (non-hydrogen) atoms. The van der Waals surface area contributed by atoms with E-state index >= 15 is 0 Å². The second kappa shape index (κ2) is 8.27. The number of benzene rings is 2. The minimum atomic E-state index is -0.560. The maximum Gasteiger partial charge on any atom is 0.275 e. The average molecular weight is 438 g/mol. The lowest BCUT2D eigenvalue weighted by Gasteiger charge is -2.15. The van der Waals surface area contributed by atoms with E-state index in [0.29, 0.717) is 22.5 Å². The summed E-state index contributed by atoms with van der Waals surface area (Å²) in [6.45, 7) is 3.73. The van der Waals surface area contributed by atoms with Crippen molar-refractivity contribution in [2.45, 2.75) is 19.8 Å². The molecule has 5 aromatic rings. The Morgan fingerprint density at radius 2 is 1.09 bits per heavy atom. The third kappa shape index (κ3) is 3.53. The molecule has 164 valence electrons. The number of nitrogens with zero attached hydrogens (tertiary/aromatic N) is 3. The maximum absolute atomic E-state index is 13.7. The number of H-pyrrole nitrogens is 2. The van der Waals surface area contributed by atoms with E-state index < -0.39 is 5.92 Å². The zero-order chi connectivity index (χ0) is 22.9. The lowest BCUT2D eigenvalue weighted by Crippen LogP contribution is -2.25. The Balaban J connectivity index is 1.76. The maximum atomic E-state index is 13.7. The lowest BCUT2D eigenvalue weighted by molar-refractivity contribution is 0.830. The summed E-state index contributed by atoms with van der Waals surface area (Å²) in [6, 6.07) is 22.5. The van der Waals surface area contributed by atoms with E-state index in [1.165, 1.54) is 9.36 Å². The van der Waals surface area contributed by atoms with Crippen molar-refractivity contribution in [3.05, 3.63) is 134 Å². The molecule has 3 heterocycles. The van der Waals surface area contributed by atoms with Crippen LogP contribution in [0.4, 0.5) is 0 Å². The molecule has 3 aromatic heterocycles. The number of para-hydroxylation sites is 2. The number of aryl methyl sites for hydroxylation is 2. The molecule has 0 aliphatic heterocycles. The van der Waals surface area contributed by atoms with Gasteiger partial charge in [-0.15, -0.1) is 0 Å². The molecule has 2 N–H and O–H groups in total. The summed E-state index contributed by atoms with van der Waals surface area (Å²) in [7, 11) is 0. The van der Waals surface area contributed by atoms with E-state index in [0.717, 1.165) is 16.9 Å². The van der Waals surface area contributed by atoms with Crippen LogP contribution in [0.2, 0.25) is 0 Å². The summed E-state index contributed by atoms with van der Waals surface area (Å²) >= 11 is 0. The molecule has 0 atom stereocenters. The number of hydrogen-bond acceptors (Lipinski definition) is 3. The van der Waals surface area contributed by atoms with Gasteiger partial charge in [0.1, 0.15) is 0 Å². The van der Waals surface area contributed by atoms with Gasteiger partial charge in [-0.2, -0.15) is 0 Å². The Morgan fingerprint density at radius 1 is 0.667 bits per heavy atom. The Morgan fingerprint density at radius 3 is 1.52 bits per heavy atom. The van der Waals surface area contributed by atoms with Crippen molar-refractivity contribution in [1.82, 2.24) is 24.5 Å². The molecule has 0 saturated heterocycles. The first kappa shape index (κ1) is 20.5. The van der Waals surface area contributed by atoms with Crippen molar-refractivity contribution in [2.24, 2.45) is 0 Å². The fourth-order valence-corrected chi connectivity index (χ4v) is 4.35. The van der Waals surface area contributed by atoms with Crippen molar-refractivity contribution in [3.63, 3.8) is 0 Å². The molecule has 0 aliphatic rings. The minimum absolute atomic E-state index is 0.188. The Bertz CT molecular complexity index is 1410. The van der Waals surface area contributed by atoms with Gasteiger partial charge >= 0.3 is 0 Å². The Hall–Kier alpha value is -4.39. The van der Waals surface area contributed by atoms with E-state index in [2.05, 4.69) is 15.2 Å². The first-order chi connectivity index (χ1) is 16.1. The number of nitrogens with one attached hydrogen (secondary N) is 2. The molecule has 0 fully saturated rings. The molecule has 0 aliphatic carbocycles. The molecule has 7 nitrogen and oxygen atoms in total. The molecule has 5 rings (SSSR count). The molecule has 0 unspecified atom stereocenters. The van der Waals surface area contributed by atoms with Crippen LogP contribution < -0.4 is 11.1 Å². The van der Waals surface area contributed by atoms with Crippen LogP contribution in [0.25, 0.3) is 11.4 Å². The molecular weight excluding hydrogens is 414 g/mol. The quantitative estimate of drug-likeness (QED) is 0.438. The van der Waals surface area contributed by atoms with Crippen molar-refractivity contribution in [1.29, 1.82) is 0 Å². The molecule has 0 radical (unpaired) electrons. The second-order valence-corrected chi connectivity index (χ2v) is 7.97. The minimum Gasteiger partial charge on any atom is -0.295 e. The van der Waals surface area contributed by atoms with Gasteiger partial charge in [-0.1, -0.05) is 36.4 Å². The standard InChI is InChI=1S/C26H23N5O2/c1-17-22(25(32)30(28-17)20-9-5-3-6-10-20)24(19-13-15-27-16-14-19)23-18(2)29-31(26(23)33)21-11-7-4-8-12-21/h3-16,24,28-29H,1-2H3. The normalized spacial score (nSPS) is 11.2. The third-order valence-electron chi connectivity index (χ3n) is 5.88. The average Bonchev–Trinajstić information content (AvgIpc) is 3.31. The molecular formula is C26H23N5O2. The van der Waals surface area contributed by atoms with Gasteiger partial charge < -0.3 is 0 Å². The molecule has 0 spiro atoms. The zero-order valence-electron chi connectivity index (χ0n) is 18.3. The van der Waals surface area contributed by atoms with Crippen molar-refractivity contribution in [2.75, 3.05) is 0 Å². The highest BCUT2D eigenvalue weighted by molar-refractivity contribution is 5.47. The van der Waals surface area contributed by atoms with Crippen molar-refractivity contribution >= 4 is 0 Å². The van der Waals surface area contributed by atoms with E-state index in [9.17, 15) is 9.59 Å². The van der Waals surface area contributed by atoms with Gasteiger partial charge in [-0.3, -0.25) is 24.8 Å². The van der Waals surface area contributed by atoms with Gasteiger partial charge in [-0.05, 0) is 55.8 Å². The first-order valence-electron chi connectivity index (χ1n) is 10.7. The van der Waals surface area contributed by atoms with E-state index in [1.807, 2.05) is 86.6 Å². The van der Waals surface area contributed by atoms with Gasteiger partial charge in [0.15, 0.2) is 0 Å². The van der Waals surface area contributed by atoms with E-state index in [4.69, 9.17) is 0 Å². The Labute approximate surface area is 190 Å². The smallest absolute Gasteiger partial charge is 0.275 e. The number of aromatic nitrogens is 5. The second-order valence-electron chi connectivity index (χ2n) is 7.97. The van der Waals surface area contributed by atoms with Gasteiger partial charge in [0.05, 0.1) is 22.5 Å². The molecule has 7 heteroatoms. The van der Waals surface area contributed by atoms with Gasteiger partial charge in [0.25, 0.3) is 11.1 Å². The summed E-state index contributed by atoms with van der Waals surface area (Å²) in [5.41, 5.74) is 4.39. The van der Waals surface area contributed by atoms with E-state index in [1.54, 1.807) is 12.4 Å². The highest BCUT2D eigenvalue weighted by atomic mass is 16.1. The predicted octanol–water partition coefficient (Wildman–Crippen LogP) is 3.84. The van der Waals surface area contributed by atoms with Crippen LogP contribution in [-0.2, 0) is 0 Å². The largest absolute Gasteiger partial charge is 0.295 e. The number of hydrogen-bond donors (Lipinski definition) is 2. The number of rotatable bonds is 5. The predicted molar refractivity (Wildman–Crippen MR) is 127 cm³/mol. The first-order valence-corrected chi connectivity index (χ1v) is 10.7. The van der Waals surface area contributed by atoms with Crippen molar-refractivity contribution < 1.29 is 0 Å². The zero-order valence-corrected chi connectivity index (χ0v) is 18.3. The van der Waals surface area contributed by atoms with Crippen LogP contribution in [0.15, 0.2) is 94.8 Å². The molecule has 0 bridgehead atoms. The van der Waals surface area contributed by atoms with Crippen LogP contribution in [0.5, 0.6) is 0 Å². The lowest BCUT2D eigenvalue weighted by atomic mass is 9.86. The topological polar surface area (TPSA) is 88.5 Å². The Kier molecular flexibility index (Phi) is 5.14. The number of aromatic amines is 2. The highest BCUT2D eigenvalue weighted by Crippen LogP contribution is 2.31. The van der Waals surface area contributed by atoms with Crippen LogP contribution in [-0.4, -0.2) is 24.5 Å². The van der Waals surface area contributed by atoms with Crippen LogP contribution in [0.3, 0.4) is 0 Å². The summed E-state index contributed by atoms with van der Waals surface area (Å²) in [4.78, 5) is 31.5. The van der Waals surface area contributed by atoms with E-state index in [-0.39, 0.29) is 11.1 Å². The highest BCUT2D eigenvalue weighted by Gasteiger charge is 2.30. The van der Waals surface area contributed by atoms with Crippen LogP contribution in [0, 0.1) is 13.8 Å². The SMILES string of the molecule is Cc1[nH]n(-c2ccccc2)c(=O)c1C(c1ccncc1)c1c(C)[nH]n(-c2ccccc2)c1=O. The third-order valence-corrected chi connectivity index (χ3v) is 5.88. The fraction of sp³-hybridized carbons (Fsp3) is 0.115. The molecule has 0 amide bonds. The molecule has 2 aromatic carbocycles. The summed E-state index contributed by atoms with van der Waals surface area (Å²) in [6.07, 6.45) is 3.36. The van der Waals surface area contributed by atoms with Crippen molar-refractivity contribution in [3.8, 4) is 11.4 Å². The monoisotopic (exact) mass is 437 g/mol. The van der Waals surface area contributed by atoms with Gasteiger partial charge in [0.2, 0.25) is 0 Å². The summed E-state index contributed by atoms with van der Waals surface area (Å²) in [5, 5.41) is 6.39. The van der Waals surface area contributed by atoms with Gasteiger partial charge in [-0.25, -0.2) is 9.36 Å².